The molecule has 148 valence electrons. The molecule has 0 spiro atoms. The Morgan fingerprint density at radius 3 is 2.38 bits per heavy atom. The van der Waals surface area contributed by atoms with Gasteiger partial charge in [0.05, 0.1) is 18.2 Å². The fourth-order valence-corrected chi connectivity index (χ4v) is 3.01. The van der Waals surface area contributed by atoms with E-state index in [-0.39, 0.29) is 11.3 Å². The van der Waals surface area contributed by atoms with Gasteiger partial charge >= 0.3 is 0 Å². The second kappa shape index (κ2) is 8.39. The molecule has 8 heteroatoms. The molecule has 1 heterocycles. The van der Waals surface area contributed by atoms with Crippen LogP contribution in [0.5, 0.6) is 5.75 Å². The van der Waals surface area contributed by atoms with Gasteiger partial charge in [0.15, 0.2) is 0 Å². The van der Waals surface area contributed by atoms with E-state index in [0.717, 1.165) is 28.4 Å². The molecule has 0 aliphatic heterocycles. The van der Waals surface area contributed by atoms with Gasteiger partial charge in [-0.25, -0.2) is 5.43 Å². The number of nitro groups is 1. The highest BCUT2D eigenvalue weighted by atomic mass is 16.6. The number of non-ortho nitro benzene ring substituents is 1. The molecule has 0 atom stereocenters. The van der Waals surface area contributed by atoms with Gasteiger partial charge in [0, 0.05) is 40.3 Å². The first-order chi connectivity index (χ1) is 13.9. The number of ether oxygens (including phenoxy) is 1. The zero-order valence-corrected chi connectivity index (χ0v) is 16.2. The minimum absolute atomic E-state index is 0.0731. The molecule has 0 saturated heterocycles. The molecular weight excluding hydrogens is 372 g/mol. The molecule has 0 aliphatic carbocycles. The van der Waals surface area contributed by atoms with Crippen molar-refractivity contribution in [3.8, 4) is 11.4 Å². The van der Waals surface area contributed by atoms with Crippen molar-refractivity contribution in [2.24, 2.45) is 5.10 Å². The molecule has 0 bridgehead atoms. The molecule has 0 radical (unpaired) electrons. The zero-order valence-electron chi connectivity index (χ0n) is 16.2. The van der Waals surface area contributed by atoms with Crippen molar-refractivity contribution in [1.82, 2.24) is 9.99 Å². The number of hydrazone groups is 1. The second-order valence-electron chi connectivity index (χ2n) is 6.36. The number of amides is 1. The molecule has 29 heavy (non-hydrogen) atoms. The minimum Gasteiger partial charge on any atom is -0.497 e. The third-order valence-electron chi connectivity index (χ3n) is 4.51. The lowest BCUT2D eigenvalue weighted by molar-refractivity contribution is -0.384. The van der Waals surface area contributed by atoms with Crippen LogP contribution in [0.3, 0.4) is 0 Å². The van der Waals surface area contributed by atoms with Gasteiger partial charge in [0.2, 0.25) is 0 Å². The van der Waals surface area contributed by atoms with Gasteiger partial charge in [0.25, 0.3) is 11.6 Å². The molecule has 0 unspecified atom stereocenters. The number of carbonyl (C=O) groups excluding carboxylic acids is 1. The Bertz CT molecular complexity index is 1070. The van der Waals surface area contributed by atoms with Crippen molar-refractivity contribution in [3.63, 3.8) is 0 Å². The molecular formula is C21H20N4O4. The normalized spacial score (nSPS) is 10.9. The van der Waals surface area contributed by atoms with Crippen LogP contribution in [-0.2, 0) is 0 Å². The summed E-state index contributed by atoms with van der Waals surface area (Å²) in [6.07, 6.45) is 1.58. The Hall–Kier alpha value is -3.94. The van der Waals surface area contributed by atoms with Crippen molar-refractivity contribution in [1.29, 1.82) is 0 Å². The van der Waals surface area contributed by atoms with Gasteiger partial charge < -0.3 is 9.30 Å². The molecule has 0 saturated carbocycles. The summed E-state index contributed by atoms with van der Waals surface area (Å²) < 4.78 is 7.28. The van der Waals surface area contributed by atoms with Crippen LogP contribution in [0.2, 0.25) is 0 Å². The average molecular weight is 392 g/mol. The van der Waals surface area contributed by atoms with Gasteiger partial charge in [-0.15, -0.1) is 0 Å². The maximum Gasteiger partial charge on any atom is 0.271 e. The van der Waals surface area contributed by atoms with Crippen molar-refractivity contribution in [2.75, 3.05) is 7.11 Å². The Labute approximate surface area is 167 Å². The van der Waals surface area contributed by atoms with Crippen LogP contribution < -0.4 is 10.2 Å². The first-order valence-corrected chi connectivity index (χ1v) is 8.82. The predicted octanol–water partition coefficient (Wildman–Crippen LogP) is 3.77. The Morgan fingerprint density at radius 2 is 1.79 bits per heavy atom. The van der Waals surface area contributed by atoms with E-state index in [2.05, 4.69) is 15.1 Å². The van der Waals surface area contributed by atoms with Crippen molar-refractivity contribution < 1.29 is 14.5 Å². The smallest absolute Gasteiger partial charge is 0.271 e. The molecule has 1 amide bonds. The van der Waals surface area contributed by atoms with E-state index in [1.807, 2.05) is 44.2 Å². The van der Waals surface area contributed by atoms with Crippen LogP contribution in [0, 0.1) is 24.0 Å². The summed E-state index contributed by atoms with van der Waals surface area (Å²) in [6.45, 7) is 3.96. The summed E-state index contributed by atoms with van der Waals surface area (Å²) in [6, 6.07) is 15.0. The fraction of sp³-hybridized carbons (Fsp3) is 0.143. The number of nitrogens with one attached hydrogen (secondary N) is 1. The number of hydrogen-bond acceptors (Lipinski definition) is 5. The second-order valence-corrected chi connectivity index (χ2v) is 6.36. The largest absolute Gasteiger partial charge is 0.497 e. The number of nitro benzene ring substituents is 1. The molecule has 0 fully saturated rings. The van der Waals surface area contributed by atoms with Gasteiger partial charge in [-0.3, -0.25) is 14.9 Å². The van der Waals surface area contributed by atoms with Crippen molar-refractivity contribution in [3.05, 3.63) is 87.2 Å². The highest BCUT2D eigenvalue weighted by molar-refractivity contribution is 5.95. The topological polar surface area (TPSA) is 98.8 Å². The van der Waals surface area contributed by atoms with E-state index in [4.69, 9.17) is 4.74 Å². The van der Waals surface area contributed by atoms with Gasteiger partial charge in [-0.1, -0.05) is 0 Å². The van der Waals surface area contributed by atoms with Gasteiger partial charge in [0.1, 0.15) is 5.75 Å². The lowest BCUT2D eigenvalue weighted by Gasteiger charge is -2.10. The van der Waals surface area contributed by atoms with E-state index in [9.17, 15) is 14.9 Å². The van der Waals surface area contributed by atoms with Gasteiger partial charge in [-0.05, 0) is 56.3 Å². The van der Waals surface area contributed by atoms with Crippen LogP contribution in [0.4, 0.5) is 5.69 Å². The highest BCUT2D eigenvalue weighted by Gasteiger charge is 2.11. The summed E-state index contributed by atoms with van der Waals surface area (Å²) in [5.41, 5.74) is 6.51. The monoisotopic (exact) mass is 392 g/mol. The lowest BCUT2D eigenvalue weighted by Crippen LogP contribution is -2.17. The maximum absolute atomic E-state index is 12.1. The summed E-state index contributed by atoms with van der Waals surface area (Å²) in [5.74, 6) is 0.340. The first-order valence-electron chi connectivity index (χ1n) is 8.82. The first kappa shape index (κ1) is 19.8. The quantitative estimate of drug-likeness (QED) is 0.392. The zero-order chi connectivity index (χ0) is 21.0. The summed E-state index contributed by atoms with van der Waals surface area (Å²) >= 11 is 0. The highest BCUT2D eigenvalue weighted by Crippen LogP contribution is 2.22. The molecule has 0 aliphatic rings. The minimum atomic E-state index is -0.515. The number of rotatable bonds is 6. The summed E-state index contributed by atoms with van der Waals surface area (Å²) in [5, 5.41) is 14.7. The molecule has 3 rings (SSSR count). The SMILES string of the molecule is COc1ccc(-n2c(C)cc(/C=N/NC(=O)c3ccc([N+](=O)[O-])cc3)c2C)cc1. The number of hydrogen-bond donors (Lipinski definition) is 1. The average Bonchev–Trinajstić information content (AvgIpc) is 3.01. The molecule has 3 aromatic rings. The van der Waals surface area contributed by atoms with E-state index in [1.54, 1.807) is 13.3 Å². The number of carbonyl (C=O) groups is 1. The van der Waals surface area contributed by atoms with E-state index >= 15 is 0 Å². The van der Waals surface area contributed by atoms with Crippen LogP contribution in [-0.4, -0.2) is 28.7 Å². The van der Waals surface area contributed by atoms with E-state index in [1.165, 1.54) is 24.3 Å². The third-order valence-corrected chi connectivity index (χ3v) is 4.51. The van der Waals surface area contributed by atoms with Crippen LogP contribution in [0.15, 0.2) is 59.7 Å². The maximum atomic E-state index is 12.1. The number of aromatic nitrogens is 1. The predicted molar refractivity (Wildman–Crippen MR) is 110 cm³/mol. The van der Waals surface area contributed by atoms with E-state index < -0.39 is 10.8 Å². The van der Waals surface area contributed by atoms with E-state index in [0.29, 0.717) is 0 Å². The number of aryl methyl sites for hydroxylation is 1. The number of benzene rings is 2. The van der Waals surface area contributed by atoms with Crippen molar-refractivity contribution in [2.45, 2.75) is 13.8 Å². The lowest BCUT2D eigenvalue weighted by atomic mass is 10.2. The van der Waals surface area contributed by atoms with Crippen LogP contribution in [0.25, 0.3) is 5.69 Å². The molecule has 1 N–H and O–H groups in total. The molecule has 1 aromatic heterocycles. The summed E-state index contributed by atoms with van der Waals surface area (Å²) in [4.78, 5) is 22.3. The Morgan fingerprint density at radius 1 is 1.14 bits per heavy atom. The Balaban J connectivity index is 1.73. The Kier molecular flexibility index (Phi) is 5.73. The number of nitrogens with zero attached hydrogens (tertiary/aromatic N) is 3. The standard InChI is InChI=1S/C21H20N4O4/c1-14-12-17(15(2)24(14)18-8-10-20(29-3)11-9-18)13-22-23-21(26)16-4-6-19(7-5-16)25(27)28/h4-13H,1-3H3,(H,23,26)/b22-13+. The molecule has 2 aromatic carbocycles. The molecule has 8 nitrogen and oxygen atoms in total. The van der Waals surface area contributed by atoms with Crippen LogP contribution in [0.1, 0.15) is 27.3 Å². The van der Waals surface area contributed by atoms with Crippen LogP contribution >= 0.6 is 0 Å². The summed E-state index contributed by atoms with van der Waals surface area (Å²) in [7, 11) is 1.63. The van der Waals surface area contributed by atoms with Crippen molar-refractivity contribution >= 4 is 17.8 Å². The third kappa shape index (κ3) is 4.32. The van der Waals surface area contributed by atoms with Gasteiger partial charge in [-0.2, -0.15) is 5.10 Å². The number of methoxy groups -OCH3 is 1. The fourth-order valence-electron chi connectivity index (χ4n) is 3.01.